The number of aliphatic carboxylic acids is 1. The van der Waals surface area contributed by atoms with Crippen LogP contribution in [0, 0.1) is 5.92 Å². The Kier molecular flexibility index (Phi) is 13.4. The Balaban J connectivity index is 2.90. The molecule has 9 heteroatoms. The van der Waals surface area contributed by atoms with Gasteiger partial charge in [0.05, 0.1) is 6.04 Å². The number of nitrogens with one attached hydrogen (secondary N) is 3. The number of hydrogen-bond acceptors (Lipinski definition) is 7. The van der Waals surface area contributed by atoms with Crippen LogP contribution in [0.2, 0.25) is 0 Å². The van der Waals surface area contributed by atoms with Crippen molar-refractivity contribution in [2.24, 2.45) is 11.7 Å². The fraction of sp³-hybridized carbons (Fsp3) is 0.636. The van der Waals surface area contributed by atoms with Gasteiger partial charge in [0.25, 0.3) is 0 Å². The first-order valence-electron chi connectivity index (χ1n) is 10.8. The molecule has 176 valence electrons. The Bertz CT molecular complexity index is 650. The second-order valence-electron chi connectivity index (χ2n) is 7.91. The monoisotopic (exact) mass is 454 g/mol. The molecule has 8 nitrogen and oxygen atoms in total. The van der Waals surface area contributed by atoms with Crippen LogP contribution in [0.25, 0.3) is 0 Å². The van der Waals surface area contributed by atoms with Gasteiger partial charge in [0.2, 0.25) is 5.91 Å². The smallest absolute Gasteiger partial charge is 0.326 e. The number of aliphatic hydroxyl groups is 1. The van der Waals surface area contributed by atoms with Gasteiger partial charge in [-0.25, -0.2) is 4.79 Å². The summed E-state index contributed by atoms with van der Waals surface area (Å²) in [4.78, 5) is 24.3. The summed E-state index contributed by atoms with van der Waals surface area (Å²) in [6.45, 7) is 5.07. The van der Waals surface area contributed by atoms with Crippen LogP contribution in [-0.2, 0) is 16.0 Å². The number of carboxylic acids is 1. The summed E-state index contributed by atoms with van der Waals surface area (Å²) in [5, 5.41) is 27.8. The predicted octanol–water partition coefficient (Wildman–Crippen LogP) is 0.401. The highest BCUT2D eigenvalue weighted by Crippen LogP contribution is 2.09. The van der Waals surface area contributed by atoms with Crippen LogP contribution >= 0.6 is 12.6 Å². The third kappa shape index (κ3) is 10.5. The number of aliphatic hydroxyl groups excluding tert-OH is 1. The van der Waals surface area contributed by atoms with Crippen molar-refractivity contribution in [2.75, 3.05) is 25.4 Å². The molecule has 5 atom stereocenters. The van der Waals surface area contributed by atoms with E-state index in [-0.39, 0.29) is 25.1 Å². The zero-order chi connectivity index (χ0) is 23.2. The lowest BCUT2D eigenvalue weighted by atomic mass is 9.97. The third-order valence-electron chi connectivity index (χ3n) is 5.42. The minimum Gasteiger partial charge on any atom is -0.480 e. The van der Waals surface area contributed by atoms with Crippen LogP contribution in [0.3, 0.4) is 0 Å². The number of carbonyl (C=O) groups excluding carboxylic acids is 1. The lowest BCUT2D eigenvalue weighted by Gasteiger charge is -2.29. The fourth-order valence-corrected chi connectivity index (χ4v) is 3.29. The zero-order valence-corrected chi connectivity index (χ0v) is 19.4. The van der Waals surface area contributed by atoms with Gasteiger partial charge in [0.15, 0.2) is 0 Å². The van der Waals surface area contributed by atoms with Crippen molar-refractivity contribution in [3.8, 4) is 0 Å². The van der Waals surface area contributed by atoms with Crippen LogP contribution in [0.4, 0.5) is 0 Å². The molecule has 0 radical (unpaired) electrons. The minimum absolute atomic E-state index is 0.0439. The lowest BCUT2D eigenvalue weighted by molar-refractivity contribution is -0.142. The van der Waals surface area contributed by atoms with E-state index in [4.69, 9.17) is 10.8 Å². The minimum atomic E-state index is -1.17. The summed E-state index contributed by atoms with van der Waals surface area (Å²) in [7, 11) is 0. The molecule has 0 spiro atoms. The molecule has 0 heterocycles. The van der Waals surface area contributed by atoms with Crippen molar-refractivity contribution >= 4 is 24.5 Å². The SMILES string of the molecule is CC[C@@H](C)[C@@H](CN[C@@H](Cc1ccccc1)C(=O)N[C@@H](CCO)C(=O)O)NC[C@@H](N)CS. The fourth-order valence-electron chi connectivity index (χ4n) is 3.16. The molecule has 0 fully saturated rings. The van der Waals surface area contributed by atoms with Crippen LogP contribution in [0.1, 0.15) is 32.3 Å². The number of carbonyl (C=O) groups is 2. The molecule has 0 saturated carbocycles. The van der Waals surface area contributed by atoms with Crippen LogP contribution in [0.5, 0.6) is 0 Å². The first-order valence-corrected chi connectivity index (χ1v) is 11.5. The highest BCUT2D eigenvalue weighted by molar-refractivity contribution is 7.80. The van der Waals surface area contributed by atoms with Gasteiger partial charge in [0.1, 0.15) is 6.04 Å². The van der Waals surface area contributed by atoms with Gasteiger partial charge in [-0.1, -0.05) is 50.6 Å². The second kappa shape index (κ2) is 15.2. The Labute approximate surface area is 190 Å². The van der Waals surface area contributed by atoms with Gasteiger partial charge >= 0.3 is 5.97 Å². The van der Waals surface area contributed by atoms with E-state index in [9.17, 15) is 14.7 Å². The number of nitrogens with two attached hydrogens (primary N) is 1. The van der Waals surface area contributed by atoms with Crippen molar-refractivity contribution in [1.82, 2.24) is 16.0 Å². The van der Waals surface area contributed by atoms with Gasteiger partial charge in [-0.05, 0) is 17.9 Å². The van der Waals surface area contributed by atoms with Crippen molar-refractivity contribution in [3.05, 3.63) is 35.9 Å². The normalized spacial score (nSPS) is 16.2. The standard InChI is InChI=1S/C22H38N4O4S/c1-3-15(2)20(24-12-17(23)14-31)13-25-19(11-16-7-5-4-6-8-16)21(28)26-18(9-10-27)22(29)30/h4-8,15,17-20,24-25,27,31H,3,9-14,23H2,1-2H3,(H,26,28)(H,29,30)/t15-,17-,18+,19+,20-/m1/s1. The van der Waals surface area contributed by atoms with Crippen LogP contribution in [0.15, 0.2) is 30.3 Å². The van der Waals surface area contributed by atoms with E-state index in [0.717, 1.165) is 12.0 Å². The number of amides is 1. The average molecular weight is 455 g/mol. The Morgan fingerprint density at radius 3 is 2.35 bits per heavy atom. The summed E-state index contributed by atoms with van der Waals surface area (Å²) in [5.41, 5.74) is 6.95. The van der Waals surface area contributed by atoms with Gasteiger partial charge < -0.3 is 31.9 Å². The van der Waals surface area contributed by atoms with Crippen LogP contribution in [-0.4, -0.2) is 71.7 Å². The summed E-state index contributed by atoms with van der Waals surface area (Å²) in [6, 6.07) is 7.85. The van der Waals surface area contributed by atoms with Gasteiger partial charge in [-0.15, -0.1) is 0 Å². The number of rotatable bonds is 16. The highest BCUT2D eigenvalue weighted by atomic mass is 32.1. The maximum atomic E-state index is 12.9. The molecule has 1 aromatic rings. The van der Waals surface area contributed by atoms with Gasteiger partial charge in [-0.2, -0.15) is 12.6 Å². The van der Waals surface area contributed by atoms with Crippen molar-refractivity contribution in [3.63, 3.8) is 0 Å². The molecule has 1 amide bonds. The topological polar surface area (TPSA) is 137 Å². The second-order valence-corrected chi connectivity index (χ2v) is 8.27. The van der Waals surface area contributed by atoms with E-state index in [1.54, 1.807) is 0 Å². The summed E-state index contributed by atoms with van der Waals surface area (Å²) in [5.74, 6) is -0.643. The summed E-state index contributed by atoms with van der Waals surface area (Å²) < 4.78 is 0. The van der Waals surface area contributed by atoms with Crippen LogP contribution < -0.4 is 21.7 Å². The largest absolute Gasteiger partial charge is 0.480 e. The quantitative estimate of drug-likeness (QED) is 0.180. The molecular formula is C22H38N4O4S. The van der Waals surface area contributed by atoms with E-state index in [0.29, 0.717) is 31.2 Å². The summed E-state index contributed by atoms with van der Waals surface area (Å²) in [6.07, 6.45) is 1.34. The highest BCUT2D eigenvalue weighted by Gasteiger charge is 2.26. The molecule has 0 aromatic heterocycles. The predicted molar refractivity (Wildman–Crippen MR) is 126 cm³/mol. The molecule has 0 aliphatic rings. The van der Waals surface area contributed by atoms with Crippen molar-refractivity contribution in [1.29, 1.82) is 0 Å². The van der Waals surface area contributed by atoms with E-state index >= 15 is 0 Å². The molecule has 0 bridgehead atoms. The number of carboxylic acid groups (broad SMARTS) is 1. The van der Waals surface area contributed by atoms with E-state index < -0.39 is 24.0 Å². The molecule has 7 N–H and O–H groups in total. The lowest BCUT2D eigenvalue weighted by Crippen LogP contribution is -2.55. The van der Waals surface area contributed by atoms with Gasteiger partial charge in [-0.3, -0.25) is 4.79 Å². The maximum absolute atomic E-state index is 12.9. The Morgan fingerprint density at radius 2 is 1.81 bits per heavy atom. The maximum Gasteiger partial charge on any atom is 0.326 e. The molecular weight excluding hydrogens is 416 g/mol. The first kappa shape index (κ1) is 27.4. The number of benzene rings is 1. The number of thiol groups is 1. The molecule has 0 saturated heterocycles. The Hall–Kier alpha value is -1.65. The molecule has 0 aliphatic carbocycles. The molecule has 0 aliphatic heterocycles. The third-order valence-corrected chi connectivity index (χ3v) is 5.89. The zero-order valence-electron chi connectivity index (χ0n) is 18.5. The molecule has 1 aromatic carbocycles. The number of hydrogen-bond donors (Lipinski definition) is 7. The van der Waals surface area contributed by atoms with Crippen molar-refractivity contribution in [2.45, 2.75) is 57.3 Å². The molecule has 1 rings (SSSR count). The van der Waals surface area contributed by atoms with Gasteiger partial charge in [0, 0.05) is 44.0 Å². The first-order chi connectivity index (χ1) is 14.8. The summed E-state index contributed by atoms with van der Waals surface area (Å²) >= 11 is 4.23. The molecule has 31 heavy (non-hydrogen) atoms. The van der Waals surface area contributed by atoms with E-state index in [1.807, 2.05) is 30.3 Å². The average Bonchev–Trinajstić information content (AvgIpc) is 2.77. The van der Waals surface area contributed by atoms with Crippen molar-refractivity contribution < 1.29 is 19.8 Å². The van der Waals surface area contributed by atoms with E-state index in [2.05, 4.69) is 42.4 Å². The molecule has 0 unspecified atom stereocenters. The Morgan fingerprint density at radius 1 is 1.13 bits per heavy atom. The van der Waals surface area contributed by atoms with E-state index in [1.165, 1.54) is 0 Å².